The predicted octanol–water partition coefficient (Wildman–Crippen LogP) is 6.36. The van der Waals surface area contributed by atoms with Crippen LogP contribution >= 0.6 is 0 Å². The maximum absolute atomic E-state index is 12.9. The van der Waals surface area contributed by atoms with E-state index < -0.39 is 0 Å². The monoisotopic (exact) mass is 571 g/mol. The first-order valence-corrected chi connectivity index (χ1v) is 17.5. The van der Waals surface area contributed by atoms with Crippen LogP contribution in [0.5, 0.6) is 0 Å². The van der Waals surface area contributed by atoms with Gasteiger partial charge in [0.1, 0.15) is 12.1 Å². The van der Waals surface area contributed by atoms with Crippen molar-refractivity contribution in [1.82, 2.24) is 4.90 Å². The molecular formula is C35H59N2O4+. The second kappa shape index (κ2) is 11.4. The van der Waals surface area contributed by atoms with Gasteiger partial charge in [-0.05, 0) is 113 Å². The van der Waals surface area contributed by atoms with E-state index in [0.29, 0.717) is 41.7 Å². The quantitative estimate of drug-likeness (QED) is 0.284. The van der Waals surface area contributed by atoms with Gasteiger partial charge in [0.15, 0.2) is 6.10 Å². The fourth-order valence-electron chi connectivity index (χ4n) is 11.8. The Morgan fingerprint density at radius 2 is 1.59 bits per heavy atom. The van der Waals surface area contributed by atoms with Crippen LogP contribution in [-0.4, -0.2) is 78.8 Å². The van der Waals surface area contributed by atoms with Crippen LogP contribution < -0.4 is 0 Å². The minimum atomic E-state index is -0.110. The van der Waals surface area contributed by atoms with Crippen LogP contribution in [0.3, 0.4) is 0 Å². The smallest absolute Gasteiger partial charge is 0.306 e. The average molecular weight is 572 g/mol. The van der Waals surface area contributed by atoms with Crippen LogP contribution in [0.4, 0.5) is 0 Å². The first-order valence-electron chi connectivity index (χ1n) is 17.5. The van der Waals surface area contributed by atoms with Crippen LogP contribution in [0.1, 0.15) is 118 Å². The fourth-order valence-corrected chi connectivity index (χ4v) is 11.8. The molecule has 0 aromatic heterocycles. The summed E-state index contributed by atoms with van der Waals surface area (Å²) in [5.41, 5.74) is 0.375. The lowest BCUT2D eigenvalue weighted by Crippen LogP contribution is -2.61. The van der Waals surface area contributed by atoms with Crippen molar-refractivity contribution in [3.8, 4) is 0 Å². The number of likely N-dealkylation sites (N-methyl/N-ethyl adjacent to an activating group) is 1. The molecule has 6 nitrogen and oxygen atoms in total. The Kier molecular flexibility index (Phi) is 8.33. The summed E-state index contributed by atoms with van der Waals surface area (Å²) in [6.45, 7) is 13.5. The van der Waals surface area contributed by atoms with E-state index in [0.717, 1.165) is 29.9 Å². The molecule has 2 aliphatic heterocycles. The number of hydrogen-bond donors (Lipinski definition) is 0. The molecule has 6 fully saturated rings. The standard InChI is InChI=1S/C35H59N2O4/c1-6-32(39)41-33-30(37(5)19-11-8-12-20-37)22-28-26-14-13-25-21-31(40-24(2)38)29(36-17-9-7-10-18-36)23-35(25,4)27(26)15-16-34(28,33)3/h25-31,33H,6-23H2,1-5H3/q+1/t25?,26-,27-,28+,29?,30?,31?,33?,34+,35+/m1/s1. The van der Waals surface area contributed by atoms with Gasteiger partial charge in [-0.15, -0.1) is 0 Å². The third-order valence-corrected chi connectivity index (χ3v) is 14.0. The van der Waals surface area contributed by atoms with E-state index in [4.69, 9.17) is 9.47 Å². The molecule has 4 saturated carbocycles. The van der Waals surface area contributed by atoms with E-state index in [1.165, 1.54) is 90.1 Å². The molecule has 10 atom stereocenters. The Morgan fingerprint density at radius 1 is 0.878 bits per heavy atom. The van der Waals surface area contributed by atoms with Crippen molar-refractivity contribution in [3.63, 3.8) is 0 Å². The number of nitrogens with zero attached hydrogens (tertiary/aromatic N) is 2. The lowest BCUT2D eigenvalue weighted by atomic mass is 9.44. The van der Waals surface area contributed by atoms with E-state index in [1.807, 2.05) is 6.92 Å². The molecular weight excluding hydrogens is 512 g/mol. The summed E-state index contributed by atoms with van der Waals surface area (Å²) in [4.78, 5) is 27.8. The molecule has 41 heavy (non-hydrogen) atoms. The molecule has 0 N–H and O–H groups in total. The van der Waals surface area contributed by atoms with Crippen LogP contribution in [0.25, 0.3) is 0 Å². The molecule has 6 rings (SSSR count). The van der Waals surface area contributed by atoms with Gasteiger partial charge >= 0.3 is 11.9 Å². The zero-order valence-electron chi connectivity index (χ0n) is 26.9. The second-order valence-electron chi connectivity index (χ2n) is 16.0. The molecule has 2 heterocycles. The molecule has 0 amide bonds. The van der Waals surface area contributed by atoms with Crippen molar-refractivity contribution in [2.24, 2.45) is 34.5 Å². The molecule has 4 aliphatic carbocycles. The summed E-state index contributed by atoms with van der Waals surface area (Å²) in [6, 6.07) is 0.797. The Bertz CT molecular complexity index is 973. The van der Waals surface area contributed by atoms with Gasteiger partial charge in [-0.25, -0.2) is 0 Å². The maximum Gasteiger partial charge on any atom is 0.306 e. The van der Waals surface area contributed by atoms with Gasteiger partial charge in [0.2, 0.25) is 0 Å². The first kappa shape index (κ1) is 29.9. The van der Waals surface area contributed by atoms with Crippen LogP contribution in [0.15, 0.2) is 0 Å². The number of fused-ring (bicyclic) bond motifs is 5. The Balaban J connectivity index is 1.29. The number of esters is 2. The minimum Gasteiger partial charge on any atom is -0.461 e. The Morgan fingerprint density at radius 3 is 2.27 bits per heavy atom. The summed E-state index contributed by atoms with van der Waals surface area (Å²) >= 11 is 0. The van der Waals surface area contributed by atoms with E-state index >= 15 is 0 Å². The van der Waals surface area contributed by atoms with E-state index in [2.05, 4.69) is 25.8 Å². The van der Waals surface area contributed by atoms with Gasteiger partial charge in [0.25, 0.3) is 0 Å². The second-order valence-corrected chi connectivity index (χ2v) is 16.0. The number of ether oxygens (including phenoxy) is 2. The van der Waals surface area contributed by atoms with E-state index in [9.17, 15) is 9.59 Å². The van der Waals surface area contributed by atoms with Gasteiger partial charge in [-0.3, -0.25) is 14.5 Å². The van der Waals surface area contributed by atoms with Crippen molar-refractivity contribution in [2.45, 2.75) is 142 Å². The number of carbonyl (C=O) groups excluding carboxylic acids is 2. The highest BCUT2D eigenvalue weighted by atomic mass is 16.5. The zero-order valence-corrected chi connectivity index (χ0v) is 26.9. The molecule has 232 valence electrons. The summed E-state index contributed by atoms with van der Waals surface area (Å²) in [5, 5.41) is 0. The maximum atomic E-state index is 12.9. The molecule has 0 aromatic carbocycles. The molecule has 0 radical (unpaired) electrons. The third-order valence-electron chi connectivity index (χ3n) is 14.0. The lowest BCUT2D eigenvalue weighted by Gasteiger charge is -2.62. The number of quaternary nitrogens is 1. The topological polar surface area (TPSA) is 55.8 Å². The molecule has 0 bridgehead atoms. The van der Waals surface area contributed by atoms with Gasteiger partial charge in [-0.1, -0.05) is 27.2 Å². The summed E-state index contributed by atoms with van der Waals surface area (Å²) < 4.78 is 13.7. The average Bonchev–Trinajstić information content (AvgIpc) is 3.26. The largest absolute Gasteiger partial charge is 0.461 e. The number of hydrogen-bond acceptors (Lipinski definition) is 5. The molecule has 6 heteroatoms. The molecule has 5 unspecified atom stereocenters. The fraction of sp³-hybridized carbons (Fsp3) is 0.943. The first-order chi connectivity index (χ1) is 19.6. The molecule has 0 aromatic rings. The van der Waals surface area contributed by atoms with Gasteiger partial charge in [0, 0.05) is 31.2 Å². The highest BCUT2D eigenvalue weighted by Crippen LogP contribution is 2.67. The number of rotatable bonds is 5. The van der Waals surface area contributed by atoms with E-state index in [1.54, 1.807) is 6.92 Å². The van der Waals surface area contributed by atoms with Crippen molar-refractivity contribution in [1.29, 1.82) is 0 Å². The minimum absolute atomic E-state index is 0.00329. The zero-order chi connectivity index (χ0) is 29.0. The SMILES string of the molecule is CCC(=O)OC1C([N+]2(C)CCCCC2)C[C@H]2[C@@H]3CCC4CC(OC(C)=O)C(N5CCCCC5)C[C@]4(C)[C@@H]3CC[C@]12C. The van der Waals surface area contributed by atoms with Crippen molar-refractivity contribution in [2.75, 3.05) is 33.2 Å². The molecule has 6 aliphatic rings. The predicted molar refractivity (Wildman–Crippen MR) is 161 cm³/mol. The Hall–Kier alpha value is -1.14. The number of piperidine rings is 2. The summed E-state index contributed by atoms with van der Waals surface area (Å²) in [6.07, 6.45) is 16.8. The number of likely N-dealkylation sites (tertiary alicyclic amines) is 2. The van der Waals surface area contributed by atoms with Gasteiger partial charge < -0.3 is 14.0 Å². The van der Waals surface area contributed by atoms with Crippen LogP contribution in [0.2, 0.25) is 0 Å². The highest BCUT2D eigenvalue weighted by molar-refractivity contribution is 5.69. The van der Waals surface area contributed by atoms with Crippen LogP contribution in [0, 0.1) is 34.5 Å². The summed E-state index contributed by atoms with van der Waals surface area (Å²) in [7, 11) is 2.48. The highest BCUT2D eigenvalue weighted by Gasteiger charge is 2.67. The molecule has 0 spiro atoms. The normalized spacial score (nSPS) is 46.1. The van der Waals surface area contributed by atoms with Crippen molar-refractivity contribution >= 4 is 11.9 Å². The Labute approximate surface area is 249 Å². The van der Waals surface area contributed by atoms with Crippen molar-refractivity contribution in [3.05, 3.63) is 0 Å². The molecule has 2 saturated heterocycles. The van der Waals surface area contributed by atoms with Crippen molar-refractivity contribution < 1.29 is 23.5 Å². The summed E-state index contributed by atoms with van der Waals surface area (Å²) in [5.74, 6) is 2.59. The van der Waals surface area contributed by atoms with Gasteiger partial charge in [-0.2, -0.15) is 0 Å². The third kappa shape index (κ3) is 5.19. The van der Waals surface area contributed by atoms with Crippen LogP contribution in [-0.2, 0) is 19.1 Å². The lowest BCUT2D eigenvalue weighted by molar-refractivity contribution is -0.940. The number of carbonyl (C=O) groups is 2. The van der Waals surface area contributed by atoms with E-state index in [-0.39, 0.29) is 29.6 Å². The van der Waals surface area contributed by atoms with Gasteiger partial charge in [0.05, 0.1) is 20.1 Å².